The average Bonchev–Trinajstić information content (AvgIpc) is 2.59. The molecule has 23 heavy (non-hydrogen) atoms. The van der Waals surface area contributed by atoms with Gasteiger partial charge in [0.1, 0.15) is 5.82 Å². The maximum absolute atomic E-state index is 13.2. The van der Waals surface area contributed by atoms with E-state index in [1.807, 2.05) is 0 Å². The van der Waals surface area contributed by atoms with Crippen molar-refractivity contribution < 1.29 is 4.39 Å². The van der Waals surface area contributed by atoms with E-state index in [0.717, 1.165) is 37.9 Å². The number of thiocarbonyl (C=S) groups is 1. The number of rotatable bonds is 2. The molecule has 0 amide bonds. The molecule has 6 heteroatoms. The SMILES string of the molecule is Fc1ccc(NC(=S)N2CCN(C3CCCCC3)CC2)cc1Cl. The molecule has 1 N–H and O–H groups in total. The van der Waals surface area contributed by atoms with Gasteiger partial charge in [-0.2, -0.15) is 0 Å². The fourth-order valence-electron chi connectivity index (χ4n) is 3.51. The Balaban J connectivity index is 1.50. The van der Waals surface area contributed by atoms with E-state index < -0.39 is 5.82 Å². The van der Waals surface area contributed by atoms with Crippen LogP contribution in [-0.4, -0.2) is 47.1 Å². The fourth-order valence-corrected chi connectivity index (χ4v) is 3.99. The molecule has 0 radical (unpaired) electrons. The summed E-state index contributed by atoms with van der Waals surface area (Å²) in [5.74, 6) is -0.413. The van der Waals surface area contributed by atoms with Gasteiger partial charge in [-0.1, -0.05) is 30.9 Å². The number of benzene rings is 1. The van der Waals surface area contributed by atoms with Gasteiger partial charge >= 0.3 is 0 Å². The zero-order valence-corrected chi connectivity index (χ0v) is 14.8. The summed E-state index contributed by atoms with van der Waals surface area (Å²) in [6.45, 7) is 4.02. The van der Waals surface area contributed by atoms with Crippen molar-refractivity contribution in [1.82, 2.24) is 9.80 Å². The maximum Gasteiger partial charge on any atom is 0.173 e. The first-order valence-electron chi connectivity index (χ1n) is 8.38. The van der Waals surface area contributed by atoms with Crippen molar-refractivity contribution >= 4 is 34.6 Å². The van der Waals surface area contributed by atoms with Gasteiger partial charge in [-0.3, -0.25) is 4.90 Å². The zero-order chi connectivity index (χ0) is 16.2. The van der Waals surface area contributed by atoms with E-state index in [-0.39, 0.29) is 5.02 Å². The number of hydrogen-bond donors (Lipinski definition) is 1. The Hall–Kier alpha value is -0.910. The smallest absolute Gasteiger partial charge is 0.173 e. The molecule has 1 aromatic carbocycles. The number of nitrogens with zero attached hydrogens (tertiary/aromatic N) is 2. The lowest BCUT2D eigenvalue weighted by atomic mass is 9.94. The number of hydrogen-bond acceptors (Lipinski definition) is 2. The van der Waals surface area contributed by atoms with Crippen LogP contribution in [0, 0.1) is 5.82 Å². The molecule has 1 saturated carbocycles. The normalized spacial score (nSPS) is 20.5. The minimum absolute atomic E-state index is 0.111. The van der Waals surface area contributed by atoms with Crippen LogP contribution in [0.5, 0.6) is 0 Å². The lowest BCUT2D eigenvalue weighted by molar-refractivity contribution is 0.108. The number of halogens is 2. The Bertz CT molecular complexity index is 555. The summed E-state index contributed by atoms with van der Waals surface area (Å²) in [5.41, 5.74) is 0.733. The molecule has 0 spiro atoms. The first-order chi connectivity index (χ1) is 11.1. The Labute approximate surface area is 147 Å². The van der Waals surface area contributed by atoms with Crippen LogP contribution in [0.3, 0.4) is 0 Å². The third kappa shape index (κ3) is 4.34. The molecule has 3 rings (SSSR count). The van der Waals surface area contributed by atoms with Gasteiger partial charge < -0.3 is 10.2 Å². The highest BCUT2D eigenvalue weighted by Crippen LogP contribution is 2.24. The van der Waals surface area contributed by atoms with Gasteiger partial charge in [-0.15, -0.1) is 0 Å². The van der Waals surface area contributed by atoms with Crippen LogP contribution in [0.25, 0.3) is 0 Å². The summed E-state index contributed by atoms with van der Waals surface area (Å²) in [6.07, 6.45) is 6.82. The molecule has 0 aromatic heterocycles. The van der Waals surface area contributed by atoms with Crippen molar-refractivity contribution in [2.24, 2.45) is 0 Å². The highest BCUT2D eigenvalue weighted by Gasteiger charge is 2.25. The Kier molecular flexibility index (Phi) is 5.72. The summed E-state index contributed by atoms with van der Waals surface area (Å²) in [6, 6.07) is 5.35. The van der Waals surface area contributed by atoms with Gasteiger partial charge in [0.2, 0.25) is 0 Å². The molecule has 0 atom stereocenters. The second kappa shape index (κ2) is 7.77. The van der Waals surface area contributed by atoms with Crippen molar-refractivity contribution in [3.05, 3.63) is 29.0 Å². The number of nitrogens with one attached hydrogen (secondary N) is 1. The fraction of sp³-hybridized carbons (Fsp3) is 0.588. The van der Waals surface area contributed by atoms with Crippen LogP contribution < -0.4 is 5.32 Å². The number of piperazine rings is 1. The quantitative estimate of drug-likeness (QED) is 0.804. The van der Waals surface area contributed by atoms with Crippen molar-refractivity contribution in [3.8, 4) is 0 Å². The van der Waals surface area contributed by atoms with Crippen LogP contribution >= 0.6 is 23.8 Å². The van der Waals surface area contributed by atoms with E-state index in [4.69, 9.17) is 23.8 Å². The van der Waals surface area contributed by atoms with Crippen molar-refractivity contribution in [3.63, 3.8) is 0 Å². The predicted octanol–water partition coefficient (Wildman–Crippen LogP) is 4.13. The standard InChI is InChI=1S/C17H23ClFN3S/c18-15-12-13(6-7-16(15)19)20-17(23)22-10-8-21(9-11-22)14-4-2-1-3-5-14/h6-7,12,14H,1-5,8-11H2,(H,20,23). The van der Waals surface area contributed by atoms with Gasteiger partial charge in [-0.25, -0.2) is 4.39 Å². The van der Waals surface area contributed by atoms with Gasteiger partial charge in [0, 0.05) is 37.9 Å². The zero-order valence-electron chi connectivity index (χ0n) is 13.2. The summed E-state index contributed by atoms with van der Waals surface area (Å²) < 4.78 is 13.2. The summed E-state index contributed by atoms with van der Waals surface area (Å²) in [4.78, 5) is 4.80. The molecule has 1 heterocycles. The minimum Gasteiger partial charge on any atom is -0.346 e. The third-order valence-electron chi connectivity index (χ3n) is 4.86. The molecular formula is C17H23ClFN3S. The molecule has 1 saturated heterocycles. The lowest BCUT2D eigenvalue weighted by Gasteiger charge is -2.41. The van der Waals surface area contributed by atoms with Gasteiger partial charge in [-0.05, 0) is 43.3 Å². The summed E-state index contributed by atoms with van der Waals surface area (Å²) >= 11 is 11.3. The van der Waals surface area contributed by atoms with Gasteiger partial charge in [0.25, 0.3) is 0 Å². The van der Waals surface area contributed by atoms with E-state index in [9.17, 15) is 4.39 Å². The molecule has 1 aromatic rings. The molecule has 0 unspecified atom stereocenters. The predicted molar refractivity (Wildman–Crippen MR) is 97.6 cm³/mol. The molecule has 126 valence electrons. The average molecular weight is 356 g/mol. The highest BCUT2D eigenvalue weighted by molar-refractivity contribution is 7.80. The molecule has 2 fully saturated rings. The first-order valence-corrected chi connectivity index (χ1v) is 9.17. The van der Waals surface area contributed by atoms with E-state index in [1.165, 1.54) is 38.2 Å². The van der Waals surface area contributed by atoms with E-state index in [1.54, 1.807) is 12.1 Å². The molecular weight excluding hydrogens is 333 g/mol. The Morgan fingerprint density at radius 2 is 1.83 bits per heavy atom. The lowest BCUT2D eigenvalue weighted by Crippen LogP contribution is -2.53. The maximum atomic E-state index is 13.2. The second-order valence-electron chi connectivity index (χ2n) is 6.37. The van der Waals surface area contributed by atoms with E-state index in [2.05, 4.69) is 15.1 Å². The minimum atomic E-state index is -0.413. The molecule has 3 nitrogen and oxygen atoms in total. The summed E-state index contributed by atoms with van der Waals surface area (Å²) in [7, 11) is 0. The Morgan fingerprint density at radius 1 is 1.13 bits per heavy atom. The van der Waals surface area contributed by atoms with Crippen LogP contribution in [0.2, 0.25) is 5.02 Å². The van der Waals surface area contributed by atoms with Crippen molar-refractivity contribution in [1.29, 1.82) is 0 Å². The van der Waals surface area contributed by atoms with Crippen molar-refractivity contribution in [2.45, 2.75) is 38.1 Å². The molecule has 1 aliphatic carbocycles. The Morgan fingerprint density at radius 3 is 2.48 bits per heavy atom. The van der Waals surface area contributed by atoms with Crippen molar-refractivity contribution in [2.75, 3.05) is 31.5 Å². The van der Waals surface area contributed by atoms with Gasteiger partial charge in [0.15, 0.2) is 5.11 Å². The van der Waals surface area contributed by atoms with E-state index >= 15 is 0 Å². The second-order valence-corrected chi connectivity index (χ2v) is 7.17. The van der Waals surface area contributed by atoms with Crippen LogP contribution in [-0.2, 0) is 0 Å². The largest absolute Gasteiger partial charge is 0.346 e. The van der Waals surface area contributed by atoms with E-state index in [0.29, 0.717) is 5.11 Å². The molecule has 0 bridgehead atoms. The van der Waals surface area contributed by atoms with Crippen LogP contribution in [0.4, 0.5) is 10.1 Å². The number of anilines is 1. The third-order valence-corrected chi connectivity index (χ3v) is 5.51. The topological polar surface area (TPSA) is 18.5 Å². The van der Waals surface area contributed by atoms with Crippen LogP contribution in [0.15, 0.2) is 18.2 Å². The highest BCUT2D eigenvalue weighted by atomic mass is 35.5. The first kappa shape index (κ1) is 16.9. The van der Waals surface area contributed by atoms with Crippen LogP contribution in [0.1, 0.15) is 32.1 Å². The monoisotopic (exact) mass is 355 g/mol. The summed E-state index contributed by atoms with van der Waals surface area (Å²) in [5, 5.41) is 3.96. The molecule has 1 aliphatic heterocycles. The van der Waals surface area contributed by atoms with Gasteiger partial charge in [0.05, 0.1) is 5.02 Å². The molecule has 2 aliphatic rings.